The molecule has 1 rings (SSSR count). The lowest BCUT2D eigenvalue weighted by Gasteiger charge is -2.10. The predicted molar refractivity (Wildman–Crippen MR) is 61.0 cm³/mol. The second-order valence-corrected chi connectivity index (χ2v) is 3.85. The molecule has 6 heteroatoms. The van der Waals surface area contributed by atoms with Crippen LogP contribution in [0.1, 0.15) is 10.5 Å². The molecule has 0 aliphatic rings. The Bertz CT molecular complexity index is 415. The molecule has 6 nitrogen and oxygen atoms in total. The summed E-state index contributed by atoms with van der Waals surface area (Å²) in [7, 11) is 5.62. The van der Waals surface area contributed by atoms with E-state index in [9.17, 15) is 4.79 Å². The SMILES string of the molecule is CN(C)CCNC(=O)c1cc([N+]#N)cn1C. The van der Waals surface area contributed by atoms with Crippen molar-refractivity contribution in [2.75, 3.05) is 27.2 Å². The van der Waals surface area contributed by atoms with E-state index >= 15 is 0 Å². The van der Waals surface area contributed by atoms with Gasteiger partial charge < -0.3 is 14.8 Å². The molecule has 0 saturated heterocycles. The maximum Gasteiger partial charge on any atom is 0.403 e. The highest BCUT2D eigenvalue weighted by molar-refractivity contribution is 5.93. The van der Waals surface area contributed by atoms with E-state index in [-0.39, 0.29) is 5.91 Å². The smallest absolute Gasteiger partial charge is 0.349 e. The largest absolute Gasteiger partial charge is 0.403 e. The molecular weight excluding hydrogens is 206 g/mol. The number of carbonyl (C=O) groups excluding carboxylic acids is 1. The minimum absolute atomic E-state index is 0.167. The third-order valence-electron chi connectivity index (χ3n) is 2.18. The molecule has 1 amide bonds. The molecule has 0 aromatic carbocycles. The lowest BCUT2D eigenvalue weighted by Crippen LogP contribution is -2.32. The number of aromatic nitrogens is 1. The van der Waals surface area contributed by atoms with E-state index in [0.717, 1.165) is 6.54 Å². The van der Waals surface area contributed by atoms with Gasteiger partial charge in [0.2, 0.25) is 5.39 Å². The van der Waals surface area contributed by atoms with Crippen LogP contribution in [-0.4, -0.2) is 42.6 Å². The number of hydrogen-bond acceptors (Lipinski definition) is 3. The fraction of sp³-hybridized carbons (Fsp3) is 0.500. The van der Waals surface area contributed by atoms with E-state index in [2.05, 4.69) is 10.3 Å². The molecular formula is C10H16N5O+. The third kappa shape index (κ3) is 3.07. The number of rotatable bonds is 4. The molecule has 0 fully saturated rings. The first-order valence-corrected chi connectivity index (χ1v) is 4.99. The maximum absolute atomic E-state index is 11.7. The minimum atomic E-state index is -0.167. The van der Waals surface area contributed by atoms with Gasteiger partial charge in [0.25, 0.3) is 5.91 Å². The van der Waals surface area contributed by atoms with Gasteiger partial charge in [-0.2, -0.15) is 0 Å². The number of carbonyl (C=O) groups is 1. The number of nitrogens with zero attached hydrogens (tertiary/aromatic N) is 4. The van der Waals surface area contributed by atoms with Crippen molar-refractivity contribution in [2.45, 2.75) is 0 Å². The number of diazo groups is 1. The Kier molecular flexibility index (Phi) is 4.03. The molecule has 0 aliphatic heterocycles. The number of likely N-dealkylation sites (N-methyl/N-ethyl adjacent to an activating group) is 1. The predicted octanol–water partition coefficient (Wildman–Crippen LogP) is 0.801. The van der Waals surface area contributed by atoms with Crippen LogP contribution in [-0.2, 0) is 7.05 Å². The second kappa shape index (κ2) is 5.28. The van der Waals surface area contributed by atoms with Crippen LogP contribution in [0.5, 0.6) is 0 Å². The summed E-state index contributed by atoms with van der Waals surface area (Å²) < 4.78 is 1.63. The quantitative estimate of drug-likeness (QED) is 0.766. The van der Waals surface area contributed by atoms with Crippen molar-refractivity contribution in [3.05, 3.63) is 22.9 Å². The Morgan fingerprint density at radius 1 is 1.62 bits per heavy atom. The normalized spacial score (nSPS) is 10.2. The molecule has 0 saturated carbocycles. The number of hydrogen-bond donors (Lipinski definition) is 1. The van der Waals surface area contributed by atoms with Crippen molar-refractivity contribution < 1.29 is 4.79 Å². The van der Waals surface area contributed by atoms with E-state index in [4.69, 9.17) is 5.39 Å². The van der Waals surface area contributed by atoms with Crippen LogP contribution in [0.15, 0.2) is 12.3 Å². The first-order valence-electron chi connectivity index (χ1n) is 4.99. The van der Waals surface area contributed by atoms with E-state index in [1.54, 1.807) is 17.8 Å². The Balaban J connectivity index is 2.59. The third-order valence-corrected chi connectivity index (χ3v) is 2.18. The van der Waals surface area contributed by atoms with E-state index < -0.39 is 0 Å². The van der Waals surface area contributed by atoms with Crippen molar-refractivity contribution in [1.29, 1.82) is 5.39 Å². The molecule has 1 aromatic heterocycles. The van der Waals surface area contributed by atoms with E-state index in [1.807, 2.05) is 19.0 Å². The topological polar surface area (TPSA) is 65.4 Å². The van der Waals surface area contributed by atoms with Gasteiger partial charge >= 0.3 is 5.69 Å². The number of nitrogens with one attached hydrogen (secondary N) is 1. The van der Waals surface area contributed by atoms with Gasteiger partial charge in [-0.1, -0.05) is 0 Å². The zero-order valence-corrected chi connectivity index (χ0v) is 9.77. The summed E-state index contributed by atoms with van der Waals surface area (Å²) in [5.74, 6) is -0.167. The van der Waals surface area contributed by atoms with Crippen molar-refractivity contribution in [3.8, 4) is 0 Å². The first kappa shape index (κ1) is 12.2. The fourth-order valence-corrected chi connectivity index (χ4v) is 1.31. The van der Waals surface area contributed by atoms with Gasteiger partial charge in [0.05, 0.1) is 6.07 Å². The monoisotopic (exact) mass is 222 g/mol. The number of amides is 1. The Morgan fingerprint density at radius 3 is 2.81 bits per heavy atom. The van der Waals surface area contributed by atoms with Gasteiger partial charge in [0.1, 0.15) is 11.9 Å². The summed E-state index contributed by atoms with van der Waals surface area (Å²) >= 11 is 0. The molecule has 0 aliphatic carbocycles. The maximum atomic E-state index is 11.7. The lowest BCUT2D eigenvalue weighted by atomic mass is 10.4. The van der Waals surface area contributed by atoms with Gasteiger partial charge in [0, 0.05) is 20.1 Å². The van der Waals surface area contributed by atoms with Gasteiger partial charge in [-0.3, -0.25) is 4.79 Å². The molecule has 1 aromatic rings. The number of aryl methyl sites for hydroxylation is 1. The summed E-state index contributed by atoms with van der Waals surface area (Å²) in [5, 5.41) is 11.4. The van der Waals surface area contributed by atoms with E-state index in [1.165, 1.54) is 6.07 Å². The Labute approximate surface area is 94.5 Å². The molecule has 1 heterocycles. The van der Waals surface area contributed by atoms with Gasteiger partial charge in [-0.25, -0.2) is 0 Å². The summed E-state index contributed by atoms with van der Waals surface area (Å²) in [4.78, 5) is 16.7. The molecule has 0 atom stereocenters. The summed E-state index contributed by atoms with van der Waals surface area (Å²) in [5.41, 5.74) is 0.854. The lowest BCUT2D eigenvalue weighted by molar-refractivity contribution is 0.0943. The van der Waals surface area contributed by atoms with Crippen molar-refractivity contribution in [2.24, 2.45) is 7.05 Å². The van der Waals surface area contributed by atoms with Crippen molar-refractivity contribution in [3.63, 3.8) is 0 Å². The minimum Gasteiger partial charge on any atom is -0.349 e. The van der Waals surface area contributed by atoms with Crippen LogP contribution in [0.2, 0.25) is 0 Å². The van der Waals surface area contributed by atoms with Crippen LogP contribution in [0.25, 0.3) is 4.98 Å². The highest BCUT2D eigenvalue weighted by Crippen LogP contribution is 2.15. The van der Waals surface area contributed by atoms with Gasteiger partial charge in [-0.15, -0.1) is 0 Å². The van der Waals surface area contributed by atoms with Crippen molar-refractivity contribution >= 4 is 11.6 Å². The zero-order valence-electron chi connectivity index (χ0n) is 9.77. The average Bonchev–Trinajstić information content (AvgIpc) is 2.59. The van der Waals surface area contributed by atoms with Crippen LogP contribution in [0.3, 0.4) is 0 Å². The second-order valence-electron chi connectivity index (χ2n) is 3.85. The van der Waals surface area contributed by atoms with Gasteiger partial charge in [0.15, 0.2) is 4.98 Å². The van der Waals surface area contributed by atoms with Crippen LogP contribution in [0, 0.1) is 5.39 Å². The fourth-order valence-electron chi connectivity index (χ4n) is 1.31. The van der Waals surface area contributed by atoms with Crippen molar-refractivity contribution in [1.82, 2.24) is 14.8 Å². The van der Waals surface area contributed by atoms with Gasteiger partial charge in [-0.05, 0) is 14.1 Å². The van der Waals surface area contributed by atoms with Crippen LogP contribution in [0.4, 0.5) is 5.69 Å². The molecule has 16 heavy (non-hydrogen) atoms. The van der Waals surface area contributed by atoms with E-state index in [0.29, 0.717) is 17.9 Å². The van der Waals surface area contributed by atoms with Crippen LogP contribution < -0.4 is 5.32 Å². The molecule has 0 bridgehead atoms. The van der Waals surface area contributed by atoms with Crippen LogP contribution >= 0.6 is 0 Å². The molecule has 0 unspecified atom stereocenters. The highest BCUT2D eigenvalue weighted by atomic mass is 16.1. The summed E-state index contributed by atoms with van der Waals surface area (Å²) in [6, 6.07) is 1.53. The Morgan fingerprint density at radius 2 is 2.31 bits per heavy atom. The molecule has 86 valence electrons. The molecule has 0 spiro atoms. The standard InChI is InChI=1S/C10H15N5O/c1-14(2)5-4-12-10(16)9-6-8(13-11)7-15(9)3/h6-7H,4-5H2,1-3H3/p+1. The molecule has 0 radical (unpaired) electrons. The zero-order chi connectivity index (χ0) is 12.1. The Hall–Kier alpha value is -1.87. The first-order chi connectivity index (χ1) is 7.54. The summed E-state index contributed by atoms with van der Waals surface area (Å²) in [6.07, 6.45) is 1.58. The highest BCUT2D eigenvalue weighted by Gasteiger charge is 2.16. The average molecular weight is 222 g/mol. The summed E-state index contributed by atoms with van der Waals surface area (Å²) in [6.45, 7) is 1.37. The molecule has 1 N–H and O–H groups in total.